The third-order valence-electron chi connectivity index (χ3n) is 5.63. The topological polar surface area (TPSA) is 40.6 Å². The molecule has 0 N–H and O–H groups in total. The number of amides is 2. The smallest absolute Gasteiger partial charge is 0.258 e. The number of anilines is 2. The molecule has 2 atom stereocenters. The van der Waals surface area contributed by atoms with Gasteiger partial charge >= 0.3 is 0 Å². The summed E-state index contributed by atoms with van der Waals surface area (Å²) in [5.74, 6) is -2.57. The number of halogens is 2. The molecule has 3 aromatic rings. The number of hydrogen-bond donors (Lipinski definition) is 0. The van der Waals surface area contributed by atoms with Crippen LogP contribution in [0, 0.1) is 11.6 Å². The molecule has 0 aliphatic carbocycles. The summed E-state index contributed by atoms with van der Waals surface area (Å²) in [5, 5.41) is 0. The van der Waals surface area contributed by atoms with Gasteiger partial charge in [-0.2, -0.15) is 0 Å². The highest BCUT2D eigenvalue weighted by atomic mass is 19.2. The van der Waals surface area contributed by atoms with Crippen molar-refractivity contribution in [1.29, 1.82) is 0 Å². The van der Waals surface area contributed by atoms with Crippen molar-refractivity contribution in [2.75, 3.05) is 9.80 Å². The van der Waals surface area contributed by atoms with E-state index >= 15 is 0 Å². The number of rotatable bonds is 3. The number of carbonyl (C=O) groups is 2. The predicted molar refractivity (Wildman–Crippen MR) is 116 cm³/mol. The first-order valence-corrected chi connectivity index (χ1v) is 10.1. The Labute approximate surface area is 179 Å². The van der Waals surface area contributed by atoms with Gasteiger partial charge in [-0.15, -0.1) is 0 Å². The third kappa shape index (κ3) is 3.81. The van der Waals surface area contributed by atoms with Crippen LogP contribution in [-0.4, -0.2) is 17.9 Å². The second-order valence-electron chi connectivity index (χ2n) is 7.69. The minimum Gasteiger partial charge on any atom is -0.305 e. The Balaban J connectivity index is 1.78. The summed E-state index contributed by atoms with van der Waals surface area (Å²) in [6, 6.07) is 19.4. The van der Waals surface area contributed by atoms with Crippen LogP contribution in [0.1, 0.15) is 42.2 Å². The van der Waals surface area contributed by atoms with Gasteiger partial charge in [0.25, 0.3) is 5.91 Å². The van der Waals surface area contributed by atoms with Crippen LogP contribution in [0.4, 0.5) is 20.2 Å². The lowest BCUT2D eigenvalue weighted by atomic mass is 9.89. The molecule has 0 unspecified atom stereocenters. The Morgan fingerprint density at radius 1 is 0.935 bits per heavy atom. The van der Waals surface area contributed by atoms with Crippen molar-refractivity contribution in [3.63, 3.8) is 0 Å². The molecule has 1 heterocycles. The second-order valence-corrected chi connectivity index (χ2v) is 7.69. The van der Waals surface area contributed by atoms with E-state index in [-0.39, 0.29) is 23.6 Å². The molecule has 2 amide bonds. The maximum absolute atomic E-state index is 13.8. The van der Waals surface area contributed by atoms with Crippen molar-refractivity contribution in [1.82, 2.24) is 0 Å². The van der Waals surface area contributed by atoms with Gasteiger partial charge in [-0.05, 0) is 55.3 Å². The van der Waals surface area contributed by atoms with E-state index in [1.807, 2.05) is 61.5 Å². The molecule has 31 heavy (non-hydrogen) atoms. The first-order chi connectivity index (χ1) is 14.9. The molecule has 4 nitrogen and oxygen atoms in total. The van der Waals surface area contributed by atoms with Gasteiger partial charge < -0.3 is 9.80 Å². The number of para-hydroxylation sites is 2. The molecule has 158 valence electrons. The molecule has 0 fully saturated rings. The maximum atomic E-state index is 13.8. The van der Waals surface area contributed by atoms with Crippen LogP contribution in [0.5, 0.6) is 0 Å². The van der Waals surface area contributed by atoms with Crippen LogP contribution in [0.2, 0.25) is 0 Å². The fraction of sp³-hybridized carbons (Fsp3) is 0.200. The minimum absolute atomic E-state index is 0.0745. The first kappa shape index (κ1) is 20.7. The molecule has 0 aromatic heterocycles. The molecule has 0 spiro atoms. The highest BCUT2D eigenvalue weighted by Gasteiger charge is 2.38. The van der Waals surface area contributed by atoms with Gasteiger partial charge in [-0.1, -0.05) is 36.4 Å². The van der Waals surface area contributed by atoms with E-state index in [0.29, 0.717) is 12.1 Å². The van der Waals surface area contributed by atoms with Crippen LogP contribution in [-0.2, 0) is 4.79 Å². The Hall–Kier alpha value is -3.54. The van der Waals surface area contributed by atoms with Gasteiger partial charge in [-0.25, -0.2) is 8.78 Å². The number of hydrogen-bond acceptors (Lipinski definition) is 2. The van der Waals surface area contributed by atoms with Crippen molar-refractivity contribution in [2.45, 2.75) is 32.4 Å². The summed E-state index contributed by atoms with van der Waals surface area (Å²) < 4.78 is 27.1. The Morgan fingerprint density at radius 3 is 2.29 bits per heavy atom. The van der Waals surface area contributed by atoms with E-state index in [1.165, 1.54) is 13.0 Å². The van der Waals surface area contributed by atoms with Gasteiger partial charge in [0.15, 0.2) is 11.6 Å². The standard InChI is InChI=1S/C25H22F2N2O2/c1-16-14-24(29(17(2)30)19-8-4-3-5-9-19)20-10-6-7-11-23(20)28(16)25(31)18-12-13-21(26)22(27)15-18/h3-13,15-16,24H,14H2,1-2H3/t16-,24+/m0/s1. The lowest BCUT2D eigenvalue weighted by molar-refractivity contribution is -0.117. The van der Waals surface area contributed by atoms with E-state index in [1.54, 1.807) is 9.80 Å². The van der Waals surface area contributed by atoms with Crippen molar-refractivity contribution >= 4 is 23.2 Å². The van der Waals surface area contributed by atoms with Gasteiger partial charge in [0, 0.05) is 29.9 Å². The fourth-order valence-corrected chi connectivity index (χ4v) is 4.27. The summed E-state index contributed by atoms with van der Waals surface area (Å²) >= 11 is 0. The molecule has 0 bridgehead atoms. The minimum atomic E-state index is -1.06. The molecule has 0 saturated heterocycles. The van der Waals surface area contributed by atoms with Gasteiger partial charge in [0.05, 0.1) is 6.04 Å². The van der Waals surface area contributed by atoms with Crippen LogP contribution < -0.4 is 9.80 Å². The second kappa shape index (κ2) is 8.30. The average molecular weight is 420 g/mol. The molecule has 6 heteroatoms. The van der Waals surface area contributed by atoms with Crippen molar-refractivity contribution in [2.24, 2.45) is 0 Å². The van der Waals surface area contributed by atoms with Gasteiger partial charge in [-0.3, -0.25) is 9.59 Å². The monoisotopic (exact) mass is 420 g/mol. The Morgan fingerprint density at radius 2 is 1.61 bits per heavy atom. The van der Waals surface area contributed by atoms with E-state index in [4.69, 9.17) is 0 Å². The first-order valence-electron chi connectivity index (χ1n) is 10.1. The van der Waals surface area contributed by atoms with E-state index in [9.17, 15) is 18.4 Å². The molecule has 3 aromatic carbocycles. The van der Waals surface area contributed by atoms with Crippen LogP contribution in [0.3, 0.4) is 0 Å². The maximum Gasteiger partial charge on any atom is 0.258 e. The molecule has 4 rings (SSSR count). The van der Waals surface area contributed by atoms with Crippen molar-refractivity contribution < 1.29 is 18.4 Å². The van der Waals surface area contributed by atoms with Crippen molar-refractivity contribution in [3.05, 3.63) is 95.6 Å². The zero-order valence-electron chi connectivity index (χ0n) is 17.3. The molecular formula is C25H22F2N2O2. The van der Waals surface area contributed by atoms with Crippen molar-refractivity contribution in [3.8, 4) is 0 Å². The highest BCUT2D eigenvalue weighted by Crippen LogP contribution is 2.42. The third-order valence-corrected chi connectivity index (χ3v) is 5.63. The zero-order chi connectivity index (χ0) is 22.1. The number of nitrogens with zero attached hydrogens (tertiary/aromatic N) is 2. The number of fused-ring (bicyclic) bond motifs is 1. The molecular weight excluding hydrogens is 398 g/mol. The lowest BCUT2D eigenvalue weighted by Crippen LogP contribution is -2.47. The number of carbonyl (C=O) groups excluding carboxylic acids is 2. The SMILES string of the molecule is CC(=O)N(c1ccccc1)[C@@H]1C[C@H](C)N(C(=O)c2ccc(F)c(F)c2)c2ccccc21. The predicted octanol–water partition coefficient (Wildman–Crippen LogP) is 5.50. The number of benzene rings is 3. The van der Waals surface area contributed by atoms with E-state index in [0.717, 1.165) is 23.4 Å². The quantitative estimate of drug-likeness (QED) is 0.562. The molecule has 0 radical (unpaired) electrons. The average Bonchev–Trinajstić information content (AvgIpc) is 2.76. The summed E-state index contributed by atoms with van der Waals surface area (Å²) in [4.78, 5) is 29.3. The van der Waals surface area contributed by atoms with Crippen LogP contribution in [0.25, 0.3) is 0 Å². The Bertz CT molecular complexity index is 1130. The normalized spacial score (nSPS) is 17.7. The largest absolute Gasteiger partial charge is 0.305 e. The Kier molecular flexibility index (Phi) is 5.55. The summed E-state index contributed by atoms with van der Waals surface area (Å²) in [6.45, 7) is 3.42. The molecule has 0 saturated carbocycles. The van der Waals surface area contributed by atoms with E-state index in [2.05, 4.69) is 0 Å². The van der Waals surface area contributed by atoms with E-state index < -0.39 is 17.5 Å². The summed E-state index contributed by atoms with van der Waals surface area (Å²) in [6.07, 6.45) is 0.501. The zero-order valence-corrected chi connectivity index (χ0v) is 17.3. The highest BCUT2D eigenvalue weighted by molar-refractivity contribution is 6.07. The lowest BCUT2D eigenvalue weighted by Gasteiger charge is -2.43. The summed E-state index contributed by atoms with van der Waals surface area (Å²) in [7, 11) is 0. The van der Waals surface area contributed by atoms with Gasteiger partial charge in [0.1, 0.15) is 0 Å². The van der Waals surface area contributed by atoms with Gasteiger partial charge in [0.2, 0.25) is 5.91 Å². The summed E-state index contributed by atoms with van der Waals surface area (Å²) in [5.41, 5.74) is 2.34. The molecule has 1 aliphatic rings. The fourth-order valence-electron chi connectivity index (χ4n) is 4.27. The molecule has 1 aliphatic heterocycles. The van der Waals surface area contributed by atoms with Crippen LogP contribution in [0.15, 0.2) is 72.8 Å². The van der Waals surface area contributed by atoms with Crippen LogP contribution >= 0.6 is 0 Å².